The maximum Gasteiger partial charge on any atom is 0.0514 e. The molecule has 0 aromatic heterocycles. The van der Waals surface area contributed by atoms with Crippen molar-refractivity contribution in [3.63, 3.8) is 0 Å². The van der Waals surface area contributed by atoms with Gasteiger partial charge in [0.25, 0.3) is 0 Å². The number of hydrogen-bond donors (Lipinski definition) is 1. The fourth-order valence-corrected chi connectivity index (χ4v) is 3.31. The van der Waals surface area contributed by atoms with E-state index < -0.39 is 0 Å². The summed E-state index contributed by atoms with van der Waals surface area (Å²) >= 11 is 3.74. The van der Waals surface area contributed by atoms with Gasteiger partial charge in [-0.2, -0.15) is 0 Å². The topological polar surface area (TPSA) is 18.5 Å². The highest BCUT2D eigenvalue weighted by molar-refractivity contribution is 9.10. The van der Waals surface area contributed by atoms with Crippen LogP contribution in [-0.4, -0.2) is 44.7 Å². The molecule has 0 bridgehead atoms. The van der Waals surface area contributed by atoms with Gasteiger partial charge in [0.05, 0.1) is 5.69 Å². The normalized spacial score (nSPS) is 22.6. The molecule has 1 aliphatic rings. The number of benzene rings is 1. The lowest BCUT2D eigenvalue weighted by atomic mass is 10.1. The van der Waals surface area contributed by atoms with Crippen LogP contribution in [0.2, 0.25) is 0 Å². The molecule has 0 radical (unpaired) electrons. The largest absolute Gasteiger partial charge is 0.365 e. The minimum atomic E-state index is 0.385. The van der Waals surface area contributed by atoms with Crippen LogP contribution in [0.25, 0.3) is 0 Å². The molecule has 1 aromatic rings. The summed E-state index contributed by atoms with van der Waals surface area (Å²) in [4.78, 5) is 4.89. The molecule has 1 saturated heterocycles. The molecular formula is C15H24BrN3. The molecule has 2 rings (SSSR count). The van der Waals surface area contributed by atoms with Crippen LogP contribution in [0.5, 0.6) is 0 Å². The number of piperazine rings is 1. The Bertz CT molecular complexity index is 435. The first kappa shape index (κ1) is 14.8. The van der Waals surface area contributed by atoms with Crippen LogP contribution in [0, 0.1) is 0 Å². The van der Waals surface area contributed by atoms with Gasteiger partial charge in [-0.1, -0.05) is 6.07 Å². The van der Waals surface area contributed by atoms with Crippen molar-refractivity contribution >= 4 is 21.6 Å². The number of anilines is 1. The second-order valence-corrected chi connectivity index (χ2v) is 6.38. The SMILES string of the molecule is CNC(C)c1ccc(N2CCN(C)CC2C)c(Br)c1. The fraction of sp³-hybridized carbons (Fsp3) is 0.600. The van der Waals surface area contributed by atoms with Gasteiger partial charge in [-0.25, -0.2) is 0 Å². The molecule has 1 N–H and O–H groups in total. The van der Waals surface area contributed by atoms with Crippen molar-refractivity contribution in [3.8, 4) is 0 Å². The molecule has 2 atom stereocenters. The van der Waals surface area contributed by atoms with Crippen LogP contribution in [0.3, 0.4) is 0 Å². The number of rotatable bonds is 3. The van der Waals surface area contributed by atoms with Crippen LogP contribution in [0.15, 0.2) is 22.7 Å². The predicted molar refractivity (Wildman–Crippen MR) is 85.9 cm³/mol. The number of hydrogen-bond acceptors (Lipinski definition) is 3. The highest BCUT2D eigenvalue weighted by atomic mass is 79.9. The Morgan fingerprint density at radius 1 is 1.37 bits per heavy atom. The van der Waals surface area contributed by atoms with Crippen LogP contribution in [0.4, 0.5) is 5.69 Å². The first-order chi connectivity index (χ1) is 9.02. The molecule has 0 amide bonds. The maximum atomic E-state index is 3.74. The Labute approximate surface area is 125 Å². The number of halogens is 1. The molecule has 4 heteroatoms. The molecule has 0 spiro atoms. The van der Waals surface area contributed by atoms with Gasteiger partial charge < -0.3 is 15.1 Å². The van der Waals surface area contributed by atoms with E-state index in [0.29, 0.717) is 12.1 Å². The molecule has 0 aliphatic carbocycles. The maximum absolute atomic E-state index is 3.74. The van der Waals surface area contributed by atoms with Crippen molar-refractivity contribution in [1.29, 1.82) is 0 Å². The summed E-state index contributed by atoms with van der Waals surface area (Å²) in [5.74, 6) is 0. The molecule has 2 unspecified atom stereocenters. The fourth-order valence-electron chi connectivity index (χ4n) is 2.69. The molecule has 1 fully saturated rings. The zero-order valence-corrected chi connectivity index (χ0v) is 13.9. The third kappa shape index (κ3) is 3.30. The molecule has 1 heterocycles. The van der Waals surface area contributed by atoms with Gasteiger partial charge in [-0.15, -0.1) is 0 Å². The smallest absolute Gasteiger partial charge is 0.0514 e. The lowest BCUT2D eigenvalue weighted by Crippen LogP contribution is -2.50. The summed E-state index contributed by atoms with van der Waals surface area (Å²) in [6, 6.07) is 7.65. The lowest BCUT2D eigenvalue weighted by Gasteiger charge is -2.40. The standard InChI is InChI=1S/C15H24BrN3/c1-11-10-18(4)7-8-19(11)15-6-5-13(9-14(15)16)12(2)17-3/h5-6,9,11-12,17H,7-8,10H2,1-4H3. The first-order valence-corrected chi connectivity index (χ1v) is 7.74. The number of likely N-dealkylation sites (N-methyl/N-ethyl adjacent to an activating group) is 1. The van der Waals surface area contributed by atoms with Crippen molar-refractivity contribution in [3.05, 3.63) is 28.2 Å². The van der Waals surface area contributed by atoms with Gasteiger partial charge >= 0.3 is 0 Å². The zero-order chi connectivity index (χ0) is 14.0. The summed E-state index contributed by atoms with van der Waals surface area (Å²) in [7, 11) is 4.19. The van der Waals surface area contributed by atoms with Crippen LogP contribution in [0.1, 0.15) is 25.5 Å². The Hall–Kier alpha value is -0.580. The summed E-state index contributed by atoms with van der Waals surface area (Å²) in [5.41, 5.74) is 2.63. The predicted octanol–water partition coefficient (Wildman–Crippen LogP) is 2.87. The number of nitrogens with zero attached hydrogens (tertiary/aromatic N) is 2. The van der Waals surface area contributed by atoms with Crippen molar-refractivity contribution in [1.82, 2.24) is 10.2 Å². The minimum absolute atomic E-state index is 0.385. The number of nitrogens with one attached hydrogen (secondary N) is 1. The third-order valence-corrected chi connectivity index (χ3v) is 4.68. The molecule has 1 aliphatic heterocycles. The summed E-state index contributed by atoms with van der Waals surface area (Å²) in [5, 5.41) is 3.28. The first-order valence-electron chi connectivity index (χ1n) is 6.95. The van der Waals surface area contributed by atoms with Gasteiger partial charge in [-0.05, 0) is 61.6 Å². The Balaban J connectivity index is 2.21. The Kier molecular flexibility index (Phi) is 4.87. The van der Waals surface area contributed by atoms with E-state index in [1.807, 2.05) is 7.05 Å². The van der Waals surface area contributed by atoms with Crippen LogP contribution in [-0.2, 0) is 0 Å². The quantitative estimate of drug-likeness (QED) is 0.921. The van der Waals surface area contributed by atoms with Gasteiger partial charge in [0.15, 0.2) is 0 Å². The lowest BCUT2D eigenvalue weighted by molar-refractivity contribution is 0.275. The molecule has 0 saturated carbocycles. The van der Waals surface area contributed by atoms with E-state index in [1.165, 1.54) is 15.7 Å². The Morgan fingerprint density at radius 3 is 2.68 bits per heavy atom. The molecule has 19 heavy (non-hydrogen) atoms. The second kappa shape index (κ2) is 6.25. The second-order valence-electron chi connectivity index (χ2n) is 5.53. The van der Waals surface area contributed by atoms with Crippen LogP contribution < -0.4 is 10.2 Å². The third-order valence-electron chi connectivity index (χ3n) is 4.04. The van der Waals surface area contributed by atoms with Crippen molar-refractivity contribution < 1.29 is 0 Å². The van der Waals surface area contributed by atoms with Crippen molar-refractivity contribution in [2.45, 2.75) is 25.9 Å². The van der Waals surface area contributed by atoms with Gasteiger partial charge in [0.1, 0.15) is 0 Å². The van der Waals surface area contributed by atoms with E-state index in [0.717, 1.165) is 19.6 Å². The summed E-state index contributed by atoms with van der Waals surface area (Å²) in [6.07, 6.45) is 0. The van der Waals surface area contributed by atoms with E-state index in [4.69, 9.17) is 0 Å². The highest BCUT2D eigenvalue weighted by Gasteiger charge is 2.23. The van der Waals surface area contributed by atoms with Gasteiger partial charge in [0, 0.05) is 36.2 Å². The van der Waals surface area contributed by atoms with Gasteiger partial charge in [0.2, 0.25) is 0 Å². The van der Waals surface area contributed by atoms with E-state index in [9.17, 15) is 0 Å². The highest BCUT2D eigenvalue weighted by Crippen LogP contribution is 2.31. The minimum Gasteiger partial charge on any atom is -0.365 e. The molecule has 1 aromatic carbocycles. The van der Waals surface area contributed by atoms with E-state index in [-0.39, 0.29) is 0 Å². The van der Waals surface area contributed by atoms with Crippen LogP contribution >= 0.6 is 15.9 Å². The average Bonchev–Trinajstić information content (AvgIpc) is 2.38. The van der Waals surface area contributed by atoms with E-state index in [1.54, 1.807) is 0 Å². The van der Waals surface area contributed by atoms with E-state index in [2.05, 4.69) is 70.1 Å². The van der Waals surface area contributed by atoms with Gasteiger partial charge in [-0.3, -0.25) is 0 Å². The molecule has 3 nitrogen and oxygen atoms in total. The average molecular weight is 326 g/mol. The summed E-state index contributed by atoms with van der Waals surface area (Å²) in [6.45, 7) is 7.83. The monoisotopic (exact) mass is 325 g/mol. The van der Waals surface area contributed by atoms with Crippen molar-refractivity contribution in [2.24, 2.45) is 0 Å². The van der Waals surface area contributed by atoms with Crippen molar-refractivity contribution in [2.75, 3.05) is 38.6 Å². The van der Waals surface area contributed by atoms with E-state index >= 15 is 0 Å². The summed E-state index contributed by atoms with van der Waals surface area (Å²) < 4.78 is 1.20. The Morgan fingerprint density at radius 2 is 2.11 bits per heavy atom. The molecular weight excluding hydrogens is 302 g/mol. The molecule has 106 valence electrons. The zero-order valence-electron chi connectivity index (χ0n) is 12.3.